The molecule has 3 rings (SSSR count). The van der Waals surface area contributed by atoms with Gasteiger partial charge in [-0.3, -0.25) is 19.3 Å². The molecule has 130 valence electrons. The molecule has 1 aromatic carbocycles. The Morgan fingerprint density at radius 1 is 1.17 bits per heavy atom. The molecule has 0 aliphatic carbocycles. The predicted octanol–water partition coefficient (Wildman–Crippen LogP) is 0.328. The molecule has 2 aliphatic heterocycles. The standard InChI is InChI=1S/C16H19N3O4.ClH/c17-16(5-9-23-10-6-16)15(22)18-7-8-19-13(20)11-3-1-2-4-12(11)14(19)21;/h1-4H,5-10,17H2,(H,18,22);1H. The molecule has 8 heteroatoms. The Kier molecular flexibility index (Phi) is 5.58. The highest BCUT2D eigenvalue weighted by atomic mass is 35.5. The largest absolute Gasteiger partial charge is 0.381 e. The topological polar surface area (TPSA) is 102 Å². The van der Waals surface area contributed by atoms with E-state index in [1.165, 1.54) is 0 Å². The van der Waals surface area contributed by atoms with E-state index in [1.54, 1.807) is 24.3 Å². The molecule has 1 fully saturated rings. The van der Waals surface area contributed by atoms with Crippen LogP contribution in [-0.4, -0.2) is 54.5 Å². The number of nitrogens with two attached hydrogens (primary N) is 1. The number of halogens is 1. The smallest absolute Gasteiger partial charge is 0.261 e. The molecule has 1 saturated heterocycles. The van der Waals surface area contributed by atoms with E-state index in [1.807, 2.05) is 0 Å². The van der Waals surface area contributed by atoms with Crippen molar-refractivity contribution in [3.05, 3.63) is 35.4 Å². The Labute approximate surface area is 145 Å². The first kappa shape index (κ1) is 18.4. The molecule has 0 unspecified atom stereocenters. The van der Waals surface area contributed by atoms with Crippen LogP contribution in [0.3, 0.4) is 0 Å². The molecular formula is C16H20ClN3O4. The van der Waals surface area contributed by atoms with Crippen molar-refractivity contribution < 1.29 is 19.1 Å². The van der Waals surface area contributed by atoms with Crippen LogP contribution in [0.2, 0.25) is 0 Å². The lowest BCUT2D eigenvalue weighted by Crippen LogP contribution is -2.57. The third kappa shape index (κ3) is 3.28. The van der Waals surface area contributed by atoms with Gasteiger partial charge in [0.05, 0.1) is 16.7 Å². The number of hydrogen-bond donors (Lipinski definition) is 2. The van der Waals surface area contributed by atoms with Crippen LogP contribution in [0, 0.1) is 0 Å². The Hall–Kier alpha value is -1.96. The summed E-state index contributed by atoms with van der Waals surface area (Å²) in [6.45, 7) is 1.24. The highest BCUT2D eigenvalue weighted by Crippen LogP contribution is 2.22. The molecule has 1 aromatic rings. The van der Waals surface area contributed by atoms with Gasteiger partial charge in [-0.25, -0.2) is 0 Å². The predicted molar refractivity (Wildman–Crippen MR) is 89.0 cm³/mol. The summed E-state index contributed by atoms with van der Waals surface area (Å²) in [5.74, 6) is -0.917. The molecule has 2 aliphatic rings. The summed E-state index contributed by atoms with van der Waals surface area (Å²) in [5.41, 5.74) is 5.96. The van der Waals surface area contributed by atoms with Crippen molar-refractivity contribution in [2.45, 2.75) is 18.4 Å². The van der Waals surface area contributed by atoms with Gasteiger partial charge < -0.3 is 15.8 Å². The van der Waals surface area contributed by atoms with E-state index in [-0.39, 0.29) is 43.2 Å². The van der Waals surface area contributed by atoms with Crippen LogP contribution in [0.4, 0.5) is 0 Å². The van der Waals surface area contributed by atoms with Crippen molar-refractivity contribution in [2.75, 3.05) is 26.3 Å². The van der Waals surface area contributed by atoms with Gasteiger partial charge in [0.2, 0.25) is 5.91 Å². The Balaban J connectivity index is 0.00000208. The number of hydrogen-bond acceptors (Lipinski definition) is 5. The van der Waals surface area contributed by atoms with Crippen LogP contribution in [0.5, 0.6) is 0 Å². The van der Waals surface area contributed by atoms with Crippen LogP contribution >= 0.6 is 12.4 Å². The van der Waals surface area contributed by atoms with Crippen LogP contribution in [-0.2, 0) is 9.53 Å². The summed E-state index contributed by atoms with van der Waals surface area (Å²) in [5, 5.41) is 2.72. The van der Waals surface area contributed by atoms with Crippen molar-refractivity contribution in [3.63, 3.8) is 0 Å². The Morgan fingerprint density at radius 3 is 2.25 bits per heavy atom. The van der Waals surface area contributed by atoms with Gasteiger partial charge in [-0.2, -0.15) is 0 Å². The lowest BCUT2D eigenvalue weighted by atomic mass is 9.90. The second-order valence-electron chi connectivity index (χ2n) is 5.83. The maximum absolute atomic E-state index is 12.2. The second-order valence-corrected chi connectivity index (χ2v) is 5.83. The molecule has 0 aromatic heterocycles. The van der Waals surface area contributed by atoms with Crippen LogP contribution < -0.4 is 11.1 Å². The second kappa shape index (κ2) is 7.29. The van der Waals surface area contributed by atoms with E-state index in [4.69, 9.17) is 10.5 Å². The first-order valence-corrected chi connectivity index (χ1v) is 7.63. The van der Waals surface area contributed by atoms with Gasteiger partial charge in [0.15, 0.2) is 0 Å². The van der Waals surface area contributed by atoms with Gasteiger partial charge >= 0.3 is 0 Å². The molecule has 0 saturated carbocycles. The fraction of sp³-hybridized carbons (Fsp3) is 0.438. The molecule has 2 heterocycles. The minimum Gasteiger partial charge on any atom is -0.381 e. The maximum atomic E-state index is 12.2. The molecule has 0 radical (unpaired) electrons. The van der Waals surface area contributed by atoms with Gasteiger partial charge in [-0.15, -0.1) is 12.4 Å². The number of fused-ring (bicyclic) bond motifs is 1. The number of benzene rings is 1. The van der Waals surface area contributed by atoms with Crippen molar-refractivity contribution in [1.82, 2.24) is 10.2 Å². The average Bonchev–Trinajstić information content (AvgIpc) is 2.81. The van der Waals surface area contributed by atoms with E-state index in [0.717, 1.165) is 4.90 Å². The number of nitrogens with one attached hydrogen (secondary N) is 1. The third-order valence-electron chi connectivity index (χ3n) is 4.34. The fourth-order valence-corrected chi connectivity index (χ4v) is 2.86. The monoisotopic (exact) mass is 353 g/mol. The summed E-state index contributed by atoms with van der Waals surface area (Å²) in [4.78, 5) is 37.7. The molecule has 3 amide bonds. The van der Waals surface area contributed by atoms with E-state index in [2.05, 4.69) is 5.32 Å². The number of imide groups is 1. The van der Waals surface area contributed by atoms with Crippen molar-refractivity contribution >= 4 is 30.1 Å². The van der Waals surface area contributed by atoms with Crippen molar-refractivity contribution in [1.29, 1.82) is 0 Å². The summed E-state index contributed by atoms with van der Waals surface area (Å²) in [7, 11) is 0. The molecule has 3 N–H and O–H groups in total. The number of rotatable bonds is 4. The Morgan fingerprint density at radius 2 is 1.71 bits per heavy atom. The zero-order chi connectivity index (χ0) is 16.4. The third-order valence-corrected chi connectivity index (χ3v) is 4.34. The van der Waals surface area contributed by atoms with Crippen LogP contribution in [0.1, 0.15) is 33.6 Å². The van der Waals surface area contributed by atoms with Crippen molar-refractivity contribution in [2.24, 2.45) is 5.73 Å². The van der Waals surface area contributed by atoms with Crippen molar-refractivity contribution in [3.8, 4) is 0 Å². The van der Waals surface area contributed by atoms with Gasteiger partial charge in [0, 0.05) is 26.3 Å². The van der Waals surface area contributed by atoms with Gasteiger partial charge in [-0.05, 0) is 25.0 Å². The highest BCUT2D eigenvalue weighted by Gasteiger charge is 2.37. The number of amides is 3. The summed E-state index contributed by atoms with van der Waals surface area (Å²) >= 11 is 0. The summed E-state index contributed by atoms with van der Waals surface area (Å²) in [6, 6.07) is 6.70. The first-order valence-electron chi connectivity index (χ1n) is 7.63. The summed E-state index contributed by atoms with van der Waals surface area (Å²) in [6.07, 6.45) is 0.928. The number of carbonyl (C=O) groups is 3. The lowest BCUT2D eigenvalue weighted by Gasteiger charge is -2.31. The van der Waals surface area contributed by atoms with E-state index in [0.29, 0.717) is 37.2 Å². The maximum Gasteiger partial charge on any atom is 0.261 e. The first-order chi connectivity index (χ1) is 11.0. The fourth-order valence-electron chi connectivity index (χ4n) is 2.86. The molecule has 0 bridgehead atoms. The number of carbonyl (C=O) groups excluding carboxylic acids is 3. The van der Waals surface area contributed by atoms with E-state index >= 15 is 0 Å². The molecule has 24 heavy (non-hydrogen) atoms. The Bertz CT molecular complexity index is 623. The minimum absolute atomic E-state index is 0. The van der Waals surface area contributed by atoms with Gasteiger partial charge in [0.25, 0.3) is 11.8 Å². The average molecular weight is 354 g/mol. The highest BCUT2D eigenvalue weighted by molar-refractivity contribution is 6.21. The molecule has 0 spiro atoms. The molecule has 7 nitrogen and oxygen atoms in total. The van der Waals surface area contributed by atoms with Crippen LogP contribution in [0.25, 0.3) is 0 Å². The van der Waals surface area contributed by atoms with Gasteiger partial charge in [0.1, 0.15) is 0 Å². The van der Waals surface area contributed by atoms with E-state index < -0.39 is 5.54 Å². The summed E-state index contributed by atoms with van der Waals surface area (Å²) < 4.78 is 5.21. The molecular weight excluding hydrogens is 334 g/mol. The normalized spacial score (nSPS) is 18.8. The quantitative estimate of drug-likeness (QED) is 0.759. The zero-order valence-electron chi connectivity index (χ0n) is 13.1. The zero-order valence-corrected chi connectivity index (χ0v) is 13.9. The SMILES string of the molecule is Cl.NC1(C(=O)NCCN2C(=O)c3ccccc3C2=O)CCOCC1. The number of nitrogens with zero attached hydrogens (tertiary/aromatic N) is 1. The number of ether oxygens (including phenoxy) is 1. The van der Waals surface area contributed by atoms with Gasteiger partial charge in [-0.1, -0.05) is 12.1 Å². The lowest BCUT2D eigenvalue weighted by molar-refractivity contribution is -0.129. The molecule has 0 atom stereocenters. The van der Waals surface area contributed by atoms with Crippen LogP contribution in [0.15, 0.2) is 24.3 Å². The minimum atomic E-state index is -0.930. The van der Waals surface area contributed by atoms with E-state index in [9.17, 15) is 14.4 Å².